The van der Waals surface area contributed by atoms with Crippen molar-refractivity contribution >= 4 is 15.8 Å². The van der Waals surface area contributed by atoms with E-state index in [1.807, 2.05) is 20.8 Å². The summed E-state index contributed by atoms with van der Waals surface area (Å²) < 4.78 is 47.0. The summed E-state index contributed by atoms with van der Waals surface area (Å²) in [5.41, 5.74) is 0.205. The summed E-state index contributed by atoms with van der Waals surface area (Å²) in [4.78, 5) is 17.3. The van der Waals surface area contributed by atoms with Crippen molar-refractivity contribution in [3.8, 4) is 34.8 Å². The second kappa shape index (κ2) is 10.4. The molecule has 0 aliphatic heterocycles. The van der Waals surface area contributed by atoms with Gasteiger partial charge in [-0.3, -0.25) is 4.72 Å². The summed E-state index contributed by atoms with van der Waals surface area (Å²) >= 11 is 0. The maximum absolute atomic E-state index is 13.7. The molecule has 0 aliphatic rings. The Labute approximate surface area is 215 Å². The molecule has 0 atom stereocenters. The molecule has 0 spiro atoms. The molecular formula is C26H27N5O5S. The number of para-hydroxylation sites is 2. The van der Waals surface area contributed by atoms with Crippen LogP contribution in [-0.2, 0) is 15.4 Å². The second-order valence-corrected chi connectivity index (χ2v) is 10.6. The van der Waals surface area contributed by atoms with E-state index in [0.717, 1.165) is 0 Å². The predicted molar refractivity (Wildman–Crippen MR) is 139 cm³/mol. The second-order valence-electron chi connectivity index (χ2n) is 8.91. The summed E-state index contributed by atoms with van der Waals surface area (Å²) in [7, 11) is -1.24. The van der Waals surface area contributed by atoms with Gasteiger partial charge in [0, 0.05) is 12.4 Å². The van der Waals surface area contributed by atoms with Crippen molar-refractivity contribution in [1.82, 2.24) is 19.9 Å². The average molecular weight is 522 g/mol. The molecule has 0 saturated heterocycles. The summed E-state index contributed by atoms with van der Waals surface area (Å²) in [6, 6.07) is 15.3. The third kappa shape index (κ3) is 5.61. The van der Waals surface area contributed by atoms with Gasteiger partial charge in [0.15, 0.2) is 23.1 Å². The summed E-state index contributed by atoms with van der Waals surface area (Å²) in [5, 5.41) is 0. The molecule has 0 unspecified atom stereocenters. The average Bonchev–Trinajstić information content (AvgIpc) is 2.89. The zero-order chi connectivity index (χ0) is 26.6. The molecule has 11 heteroatoms. The molecule has 0 aliphatic carbocycles. The smallest absolute Gasteiger partial charge is 0.263 e. The van der Waals surface area contributed by atoms with E-state index in [1.165, 1.54) is 26.6 Å². The highest BCUT2D eigenvalue weighted by molar-refractivity contribution is 7.92. The molecule has 4 aromatic rings. The minimum absolute atomic E-state index is 0.0230. The molecule has 2 aromatic heterocycles. The van der Waals surface area contributed by atoms with Crippen molar-refractivity contribution in [2.24, 2.45) is 0 Å². The number of rotatable bonds is 8. The highest BCUT2D eigenvalue weighted by Crippen LogP contribution is 2.41. The molecule has 1 N–H and O–H groups in total. The van der Waals surface area contributed by atoms with Gasteiger partial charge in [-0.05, 0) is 35.2 Å². The van der Waals surface area contributed by atoms with E-state index >= 15 is 0 Å². The van der Waals surface area contributed by atoms with E-state index in [-0.39, 0.29) is 34.0 Å². The van der Waals surface area contributed by atoms with Crippen LogP contribution in [0.5, 0.6) is 23.1 Å². The van der Waals surface area contributed by atoms with Crippen LogP contribution in [0.4, 0.5) is 5.82 Å². The highest BCUT2D eigenvalue weighted by Gasteiger charge is 2.29. The van der Waals surface area contributed by atoms with E-state index < -0.39 is 15.4 Å². The SMILES string of the molecule is COc1ccccc1Oc1c(NS(=O)(=O)c2ccccc2C(C)(C)C)nc(-c2ncccn2)nc1OC. The van der Waals surface area contributed by atoms with Crippen molar-refractivity contribution < 1.29 is 22.6 Å². The first-order valence-corrected chi connectivity index (χ1v) is 12.8. The number of benzene rings is 2. The van der Waals surface area contributed by atoms with Crippen molar-refractivity contribution in [2.45, 2.75) is 31.1 Å². The van der Waals surface area contributed by atoms with Gasteiger partial charge in [0.25, 0.3) is 15.9 Å². The number of methoxy groups -OCH3 is 2. The van der Waals surface area contributed by atoms with Crippen LogP contribution in [0.1, 0.15) is 26.3 Å². The maximum Gasteiger partial charge on any atom is 0.263 e. The molecule has 0 saturated carbocycles. The molecule has 0 radical (unpaired) electrons. The molecular weight excluding hydrogens is 494 g/mol. The van der Waals surface area contributed by atoms with Gasteiger partial charge in [0.2, 0.25) is 11.6 Å². The van der Waals surface area contributed by atoms with E-state index in [1.54, 1.807) is 54.6 Å². The minimum Gasteiger partial charge on any atom is -0.493 e. The molecule has 2 heterocycles. The first kappa shape index (κ1) is 25.8. The van der Waals surface area contributed by atoms with E-state index in [2.05, 4.69) is 24.7 Å². The molecule has 4 rings (SSSR count). The third-order valence-corrected chi connectivity index (χ3v) is 6.69. The predicted octanol–water partition coefficient (Wildman–Crippen LogP) is 4.84. The van der Waals surface area contributed by atoms with Gasteiger partial charge in [-0.15, -0.1) is 0 Å². The first-order chi connectivity index (χ1) is 17.6. The number of aromatic nitrogens is 4. The van der Waals surface area contributed by atoms with Gasteiger partial charge in [-0.1, -0.05) is 51.1 Å². The Hall–Kier alpha value is -4.25. The van der Waals surface area contributed by atoms with Crippen molar-refractivity contribution in [3.05, 3.63) is 72.6 Å². The quantitative estimate of drug-likeness (QED) is 0.346. The fourth-order valence-electron chi connectivity index (χ4n) is 3.56. The fraction of sp³-hybridized carbons (Fsp3) is 0.231. The largest absolute Gasteiger partial charge is 0.493 e. The first-order valence-electron chi connectivity index (χ1n) is 11.3. The summed E-state index contributed by atoms with van der Waals surface area (Å²) in [5.74, 6) is 0.738. The number of nitrogens with zero attached hydrogens (tertiary/aromatic N) is 4. The normalized spacial score (nSPS) is 11.6. The van der Waals surface area contributed by atoms with Gasteiger partial charge < -0.3 is 14.2 Å². The Morgan fingerprint density at radius 1 is 0.784 bits per heavy atom. The molecule has 10 nitrogen and oxygen atoms in total. The molecule has 37 heavy (non-hydrogen) atoms. The highest BCUT2D eigenvalue weighted by atomic mass is 32.2. The number of anilines is 1. The van der Waals surface area contributed by atoms with Gasteiger partial charge in [0.05, 0.1) is 19.1 Å². The Balaban J connectivity index is 1.90. The van der Waals surface area contributed by atoms with Crippen LogP contribution < -0.4 is 18.9 Å². The lowest BCUT2D eigenvalue weighted by atomic mass is 9.87. The number of hydrogen-bond donors (Lipinski definition) is 1. The lowest BCUT2D eigenvalue weighted by Gasteiger charge is -2.23. The van der Waals surface area contributed by atoms with Crippen LogP contribution in [0.3, 0.4) is 0 Å². The van der Waals surface area contributed by atoms with Crippen LogP contribution in [0.2, 0.25) is 0 Å². The minimum atomic E-state index is -4.13. The zero-order valence-electron chi connectivity index (χ0n) is 21.1. The summed E-state index contributed by atoms with van der Waals surface area (Å²) in [6.45, 7) is 5.82. The zero-order valence-corrected chi connectivity index (χ0v) is 21.9. The van der Waals surface area contributed by atoms with Crippen LogP contribution in [-0.4, -0.2) is 42.6 Å². The lowest BCUT2D eigenvalue weighted by Crippen LogP contribution is -2.22. The fourth-order valence-corrected chi connectivity index (χ4v) is 4.98. The number of nitrogens with one attached hydrogen (secondary N) is 1. The number of sulfonamides is 1. The van der Waals surface area contributed by atoms with Gasteiger partial charge in [-0.2, -0.15) is 4.98 Å². The van der Waals surface area contributed by atoms with Gasteiger partial charge in [0.1, 0.15) is 0 Å². The Bertz CT molecular complexity index is 1510. The standard InChI is InChI=1S/C26H27N5O5S/c1-26(2,3)17-11-6-9-14-20(17)37(32,33)31-22-21(36-19-13-8-7-12-18(19)34-4)25(35-5)30-24(29-22)23-27-15-10-16-28-23/h6-16H,1-5H3,(H,29,30,31). The Morgan fingerprint density at radius 3 is 2.08 bits per heavy atom. The molecule has 192 valence electrons. The van der Waals surface area contributed by atoms with E-state index in [0.29, 0.717) is 17.1 Å². The van der Waals surface area contributed by atoms with E-state index in [4.69, 9.17) is 14.2 Å². The summed E-state index contributed by atoms with van der Waals surface area (Å²) in [6.07, 6.45) is 3.06. The Kier molecular flexibility index (Phi) is 7.25. The molecule has 2 aromatic carbocycles. The molecule has 0 bridgehead atoms. The third-order valence-electron chi connectivity index (χ3n) is 5.29. The van der Waals surface area contributed by atoms with Crippen LogP contribution in [0, 0.1) is 0 Å². The number of hydrogen-bond acceptors (Lipinski definition) is 9. The van der Waals surface area contributed by atoms with Crippen LogP contribution in [0.15, 0.2) is 71.9 Å². The lowest BCUT2D eigenvalue weighted by molar-refractivity contribution is 0.348. The Morgan fingerprint density at radius 2 is 1.43 bits per heavy atom. The van der Waals surface area contributed by atoms with Gasteiger partial charge >= 0.3 is 0 Å². The van der Waals surface area contributed by atoms with Crippen molar-refractivity contribution in [2.75, 3.05) is 18.9 Å². The van der Waals surface area contributed by atoms with Crippen molar-refractivity contribution in [1.29, 1.82) is 0 Å². The van der Waals surface area contributed by atoms with Gasteiger partial charge in [-0.25, -0.2) is 23.4 Å². The maximum atomic E-state index is 13.7. The van der Waals surface area contributed by atoms with Crippen LogP contribution in [0.25, 0.3) is 11.6 Å². The van der Waals surface area contributed by atoms with Crippen LogP contribution >= 0.6 is 0 Å². The topological polar surface area (TPSA) is 125 Å². The van der Waals surface area contributed by atoms with E-state index in [9.17, 15) is 8.42 Å². The molecule has 0 amide bonds. The van der Waals surface area contributed by atoms with Crippen molar-refractivity contribution in [3.63, 3.8) is 0 Å². The molecule has 0 fully saturated rings. The number of ether oxygens (including phenoxy) is 3. The monoisotopic (exact) mass is 521 g/mol.